The van der Waals surface area contributed by atoms with Gasteiger partial charge in [0.15, 0.2) is 11.6 Å². The van der Waals surface area contributed by atoms with Gasteiger partial charge in [0.25, 0.3) is 5.56 Å². The van der Waals surface area contributed by atoms with Gasteiger partial charge in [0, 0.05) is 42.7 Å². The van der Waals surface area contributed by atoms with Crippen molar-refractivity contribution in [2.45, 2.75) is 52.1 Å². The summed E-state index contributed by atoms with van der Waals surface area (Å²) < 4.78 is 33.1. The third-order valence-corrected chi connectivity index (χ3v) is 9.15. The predicted octanol–water partition coefficient (Wildman–Crippen LogP) is 6.19. The zero-order valence-corrected chi connectivity index (χ0v) is 26.1. The number of aryl methyl sites for hydroxylation is 1. The molecule has 2 aliphatic rings. The van der Waals surface area contributed by atoms with Gasteiger partial charge in [-0.15, -0.1) is 0 Å². The standard InChI is InChI=1S/C32H30Cl2F2N6O2/c1-6-23(43)40-13-17-9-19-30(41(17)12-16(40)5)18-10-22(35)28(24-25(36)20(33)11-21(34)26(24)37)39-31(18)42(32(19)44)29-15(4)7-8-38-27(29)14(2)3/h6-8,10-11,14,16-17H,1,9,12-13,37H2,2-5H3. The van der Waals surface area contributed by atoms with Crippen LogP contribution in [0.3, 0.4) is 0 Å². The first-order valence-electron chi connectivity index (χ1n) is 14.2. The van der Waals surface area contributed by atoms with Gasteiger partial charge in [-0.25, -0.2) is 13.8 Å². The quantitative estimate of drug-likeness (QED) is 0.163. The normalized spacial score (nSPS) is 17.8. The van der Waals surface area contributed by atoms with Crippen LogP contribution in [0.1, 0.15) is 43.5 Å². The van der Waals surface area contributed by atoms with Crippen LogP contribution in [0, 0.1) is 18.6 Å². The van der Waals surface area contributed by atoms with Crippen molar-refractivity contribution in [3.05, 3.63) is 85.9 Å². The maximum Gasteiger partial charge on any atom is 0.262 e. The molecule has 1 fully saturated rings. The second-order valence-corrected chi connectivity index (χ2v) is 12.5. The Labute approximate surface area is 262 Å². The molecule has 2 unspecified atom stereocenters. The lowest BCUT2D eigenvalue weighted by Crippen LogP contribution is -2.57. The number of anilines is 2. The van der Waals surface area contributed by atoms with Crippen LogP contribution in [-0.2, 0) is 11.2 Å². The number of piperazine rings is 1. The molecule has 4 aromatic rings. The van der Waals surface area contributed by atoms with Gasteiger partial charge in [0.05, 0.1) is 44.4 Å². The Morgan fingerprint density at radius 2 is 1.91 bits per heavy atom. The van der Waals surface area contributed by atoms with E-state index in [-0.39, 0.29) is 50.8 Å². The van der Waals surface area contributed by atoms with Crippen molar-refractivity contribution in [3.63, 3.8) is 0 Å². The van der Waals surface area contributed by atoms with Crippen LogP contribution in [0.2, 0.25) is 10.0 Å². The number of hydrogen-bond acceptors (Lipinski definition) is 6. The molecule has 0 aliphatic carbocycles. The van der Waals surface area contributed by atoms with Gasteiger partial charge in [-0.3, -0.25) is 19.1 Å². The van der Waals surface area contributed by atoms with E-state index in [0.29, 0.717) is 47.5 Å². The summed E-state index contributed by atoms with van der Waals surface area (Å²) in [4.78, 5) is 40.2. The molecule has 3 aromatic heterocycles. The highest BCUT2D eigenvalue weighted by molar-refractivity contribution is 6.37. The average Bonchev–Trinajstić information content (AvgIpc) is 3.35. The van der Waals surface area contributed by atoms with Crippen LogP contribution in [0.25, 0.3) is 28.0 Å². The number of carbonyl (C=O) groups is 1. The fourth-order valence-electron chi connectivity index (χ4n) is 6.49. The molecule has 0 spiro atoms. The van der Waals surface area contributed by atoms with Crippen LogP contribution in [0.15, 0.2) is 41.8 Å². The minimum absolute atomic E-state index is 0.0620. The smallest absolute Gasteiger partial charge is 0.262 e. The van der Waals surface area contributed by atoms with Crippen LogP contribution in [-0.4, -0.2) is 50.5 Å². The lowest BCUT2D eigenvalue weighted by Gasteiger charge is -2.43. The van der Waals surface area contributed by atoms with Crippen LogP contribution in [0.5, 0.6) is 0 Å². The molecule has 1 aromatic carbocycles. The van der Waals surface area contributed by atoms with Gasteiger partial charge in [0.2, 0.25) is 5.91 Å². The summed E-state index contributed by atoms with van der Waals surface area (Å²) in [5.74, 6) is -2.12. The van der Waals surface area contributed by atoms with E-state index >= 15 is 8.78 Å². The molecular weight excluding hydrogens is 609 g/mol. The molecule has 0 bridgehead atoms. The third-order valence-electron chi connectivity index (χ3n) is 8.57. The lowest BCUT2D eigenvalue weighted by molar-refractivity contribution is -0.128. The van der Waals surface area contributed by atoms with Crippen molar-refractivity contribution in [2.75, 3.05) is 23.7 Å². The minimum atomic E-state index is -0.980. The molecule has 12 heteroatoms. The van der Waals surface area contributed by atoms with E-state index in [4.69, 9.17) is 28.9 Å². The molecule has 2 N–H and O–H groups in total. The summed E-state index contributed by atoms with van der Waals surface area (Å²) in [6.45, 7) is 12.1. The molecule has 8 nitrogen and oxygen atoms in total. The van der Waals surface area contributed by atoms with Crippen molar-refractivity contribution in [1.29, 1.82) is 0 Å². The Hall–Kier alpha value is -4.02. The fraction of sp³-hybridized carbons (Fsp3) is 0.312. The highest BCUT2D eigenvalue weighted by Crippen LogP contribution is 2.43. The number of rotatable bonds is 4. The van der Waals surface area contributed by atoms with Crippen molar-refractivity contribution < 1.29 is 13.6 Å². The number of amides is 1. The van der Waals surface area contributed by atoms with Gasteiger partial charge in [0.1, 0.15) is 11.3 Å². The average molecular weight is 640 g/mol. The summed E-state index contributed by atoms with van der Waals surface area (Å²) in [6.07, 6.45) is 3.29. The maximum absolute atomic E-state index is 16.2. The zero-order chi connectivity index (χ0) is 31.8. The first kappa shape index (κ1) is 30.0. The van der Waals surface area contributed by atoms with Crippen molar-refractivity contribution in [1.82, 2.24) is 19.4 Å². The van der Waals surface area contributed by atoms with E-state index in [1.54, 1.807) is 17.2 Å². The third kappa shape index (κ3) is 4.45. The second kappa shape index (κ2) is 10.9. The number of nitrogens with zero attached hydrogens (tertiary/aromatic N) is 5. The molecule has 44 heavy (non-hydrogen) atoms. The second-order valence-electron chi connectivity index (χ2n) is 11.7. The SMILES string of the molecule is C=CC(=O)N1CC2Cc3c(c4cc(F)c(-c5c(N)c(Cl)cc(Cl)c5F)nc4n(-c4c(C)ccnc4C(C)C)c3=O)N2CC1C. The summed E-state index contributed by atoms with van der Waals surface area (Å²) in [7, 11) is 0. The van der Waals surface area contributed by atoms with E-state index in [2.05, 4.69) is 16.5 Å². The van der Waals surface area contributed by atoms with E-state index in [0.717, 1.165) is 11.6 Å². The van der Waals surface area contributed by atoms with Crippen molar-refractivity contribution >= 4 is 51.5 Å². The van der Waals surface area contributed by atoms with E-state index in [1.165, 1.54) is 16.7 Å². The molecule has 6 rings (SSSR count). The largest absolute Gasteiger partial charge is 0.397 e. The predicted molar refractivity (Wildman–Crippen MR) is 170 cm³/mol. The molecule has 2 aliphatic heterocycles. The topological polar surface area (TPSA) is 97.4 Å². The summed E-state index contributed by atoms with van der Waals surface area (Å²) in [5, 5.41) is -0.0436. The number of halogens is 4. The first-order valence-corrected chi connectivity index (χ1v) is 15.0. The number of fused-ring (bicyclic) bond motifs is 5. The molecule has 0 radical (unpaired) electrons. The Balaban J connectivity index is 1.72. The van der Waals surface area contributed by atoms with E-state index < -0.39 is 22.9 Å². The van der Waals surface area contributed by atoms with Gasteiger partial charge in [-0.1, -0.05) is 43.6 Å². The molecule has 228 valence electrons. The molecule has 1 amide bonds. The monoisotopic (exact) mass is 638 g/mol. The molecule has 5 heterocycles. The molecule has 2 atom stereocenters. The van der Waals surface area contributed by atoms with Crippen LogP contribution < -0.4 is 16.2 Å². The number of hydrogen-bond donors (Lipinski definition) is 1. The highest BCUT2D eigenvalue weighted by atomic mass is 35.5. The number of aromatic nitrogens is 3. The van der Waals surface area contributed by atoms with Gasteiger partial charge in [-0.2, -0.15) is 0 Å². The van der Waals surface area contributed by atoms with Crippen LogP contribution in [0.4, 0.5) is 20.2 Å². The Morgan fingerprint density at radius 3 is 2.59 bits per heavy atom. The first-order chi connectivity index (χ1) is 20.8. The lowest BCUT2D eigenvalue weighted by atomic mass is 10.0. The Morgan fingerprint density at radius 1 is 1.18 bits per heavy atom. The number of nitrogen functional groups attached to an aromatic ring is 1. The van der Waals surface area contributed by atoms with E-state index in [1.807, 2.05) is 32.6 Å². The highest BCUT2D eigenvalue weighted by Gasteiger charge is 2.42. The van der Waals surface area contributed by atoms with Gasteiger partial charge >= 0.3 is 0 Å². The maximum atomic E-state index is 16.2. The van der Waals surface area contributed by atoms with Crippen LogP contribution >= 0.6 is 23.2 Å². The van der Waals surface area contributed by atoms with Gasteiger partial charge < -0.3 is 15.5 Å². The Kier molecular flexibility index (Phi) is 7.41. The summed E-state index contributed by atoms with van der Waals surface area (Å²) in [5.41, 5.74) is 7.79. The minimum Gasteiger partial charge on any atom is -0.397 e. The number of carbonyl (C=O) groups excluding carboxylic acids is 1. The van der Waals surface area contributed by atoms with Crippen molar-refractivity contribution in [2.24, 2.45) is 0 Å². The Bertz CT molecular complexity index is 1930. The van der Waals surface area contributed by atoms with Crippen molar-refractivity contribution in [3.8, 4) is 16.9 Å². The number of nitrogens with two attached hydrogens (primary N) is 1. The molecule has 1 saturated heterocycles. The molecular formula is C32H30Cl2F2N6O2. The molecule has 0 saturated carbocycles. The van der Waals surface area contributed by atoms with Gasteiger partial charge in [-0.05, 0) is 49.6 Å². The zero-order valence-electron chi connectivity index (χ0n) is 24.6. The fourth-order valence-corrected chi connectivity index (χ4v) is 6.95. The number of benzene rings is 1. The van der Waals surface area contributed by atoms with E-state index in [9.17, 15) is 9.59 Å². The number of pyridine rings is 3. The summed E-state index contributed by atoms with van der Waals surface area (Å²) in [6, 6.07) is 3.77. The summed E-state index contributed by atoms with van der Waals surface area (Å²) >= 11 is 12.3.